The number of hydrogen-bond acceptors (Lipinski definition) is 3. The Hall–Kier alpha value is -1.81. The molecule has 0 fully saturated rings. The molecule has 2 N–H and O–H groups in total. The van der Waals surface area contributed by atoms with Gasteiger partial charge in [0, 0.05) is 43.8 Å². The monoisotopic (exact) mass is 258 g/mol. The molecule has 0 spiro atoms. The Labute approximate surface area is 114 Å². The molecule has 1 aromatic heterocycles. The summed E-state index contributed by atoms with van der Waals surface area (Å²) in [5, 5.41) is 10.3. The van der Waals surface area contributed by atoms with Crippen LogP contribution in [0.5, 0.6) is 0 Å². The van der Waals surface area contributed by atoms with Crippen molar-refractivity contribution in [3.05, 3.63) is 47.8 Å². The minimum Gasteiger partial charge on any atom is -0.372 e. The standard InChI is InChI=1S/C15H22N4/c1-3-19(4-2)15-7-5-13(6-8-15)11-16-12-14-9-10-17-18-14/h5-10,16H,3-4,11-12H2,1-2H3,(H,17,18). The maximum atomic E-state index is 3.93. The van der Waals surface area contributed by atoms with Crippen LogP contribution in [0, 0.1) is 0 Å². The molecule has 0 aliphatic heterocycles. The normalized spacial score (nSPS) is 10.6. The van der Waals surface area contributed by atoms with E-state index in [9.17, 15) is 0 Å². The van der Waals surface area contributed by atoms with Gasteiger partial charge in [0.25, 0.3) is 0 Å². The number of aromatic amines is 1. The first-order chi connectivity index (χ1) is 9.33. The maximum absolute atomic E-state index is 3.93. The van der Waals surface area contributed by atoms with Crippen molar-refractivity contribution in [2.45, 2.75) is 26.9 Å². The number of benzene rings is 1. The average molecular weight is 258 g/mol. The van der Waals surface area contributed by atoms with Gasteiger partial charge in [-0.2, -0.15) is 5.10 Å². The molecule has 4 nitrogen and oxygen atoms in total. The van der Waals surface area contributed by atoms with Crippen LogP contribution < -0.4 is 10.2 Å². The van der Waals surface area contributed by atoms with E-state index in [1.165, 1.54) is 11.3 Å². The lowest BCUT2D eigenvalue weighted by atomic mass is 10.2. The summed E-state index contributed by atoms with van der Waals surface area (Å²) >= 11 is 0. The quantitative estimate of drug-likeness (QED) is 0.802. The van der Waals surface area contributed by atoms with Crippen LogP contribution in [0.3, 0.4) is 0 Å². The van der Waals surface area contributed by atoms with E-state index in [1.54, 1.807) is 6.20 Å². The van der Waals surface area contributed by atoms with Gasteiger partial charge in [-0.25, -0.2) is 0 Å². The Morgan fingerprint density at radius 3 is 2.37 bits per heavy atom. The number of rotatable bonds is 7. The first-order valence-electron chi connectivity index (χ1n) is 6.86. The third-order valence-corrected chi connectivity index (χ3v) is 3.27. The molecule has 0 radical (unpaired) electrons. The Bertz CT molecular complexity index is 457. The van der Waals surface area contributed by atoms with Gasteiger partial charge in [0.2, 0.25) is 0 Å². The molecule has 0 aliphatic rings. The molecule has 0 aliphatic carbocycles. The zero-order valence-electron chi connectivity index (χ0n) is 11.7. The Morgan fingerprint density at radius 2 is 1.79 bits per heavy atom. The lowest BCUT2D eigenvalue weighted by Gasteiger charge is -2.21. The van der Waals surface area contributed by atoms with E-state index >= 15 is 0 Å². The van der Waals surface area contributed by atoms with Gasteiger partial charge >= 0.3 is 0 Å². The smallest absolute Gasteiger partial charge is 0.0490 e. The largest absolute Gasteiger partial charge is 0.372 e. The second kappa shape index (κ2) is 6.95. The van der Waals surface area contributed by atoms with Crippen LogP contribution in [-0.2, 0) is 13.1 Å². The molecule has 102 valence electrons. The second-order valence-corrected chi connectivity index (χ2v) is 4.52. The summed E-state index contributed by atoms with van der Waals surface area (Å²) in [7, 11) is 0. The van der Waals surface area contributed by atoms with Crippen LogP contribution in [0.25, 0.3) is 0 Å². The third kappa shape index (κ3) is 3.83. The number of aromatic nitrogens is 2. The molecule has 0 amide bonds. The Balaban J connectivity index is 1.84. The first-order valence-corrected chi connectivity index (χ1v) is 6.86. The van der Waals surface area contributed by atoms with Crippen molar-refractivity contribution in [2.24, 2.45) is 0 Å². The van der Waals surface area contributed by atoms with Gasteiger partial charge in [-0.3, -0.25) is 5.10 Å². The van der Waals surface area contributed by atoms with E-state index in [4.69, 9.17) is 0 Å². The first kappa shape index (κ1) is 13.6. The van der Waals surface area contributed by atoms with Crippen LogP contribution in [0.15, 0.2) is 36.5 Å². The molecule has 0 saturated carbocycles. The third-order valence-electron chi connectivity index (χ3n) is 3.27. The van der Waals surface area contributed by atoms with Gasteiger partial charge in [-0.15, -0.1) is 0 Å². The van der Waals surface area contributed by atoms with Crippen molar-refractivity contribution in [1.29, 1.82) is 0 Å². The molecule has 0 bridgehead atoms. The minimum atomic E-state index is 0.817. The highest BCUT2D eigenvalue weighted by atomic mass is 15.1. The summed E-state index contributed by atoms with van der Waals surface area (Å²) in [5.41, 5.74) is 3.71. The fourth-order valence-electron chi connectivity index (χ4n) is 2.14. The van der Waals surface area contributed by atoms with Gasteiger partial charge in [-0.05, 0) is 37.6 Å². The number of hydrogen-bond donors (Lipinski definition) is 2. The molecule has 0 saturated heterocycles. The zero-order chi connectivity index (χ0) is 13.5. The Morgan fingerprint density at radius 1 is 1.05 bits per heavy atom. The van der Waals surface area contributed by atoms with Crippen molar-refractivity contribution in [3.63, 3.8) is 0 Å². The minimum absolute atomic E-state index is 0.817. The van der Waals surface area contributed by atoms with Gasteiger partial charge in [0.05, 0.1) is 0 Å². The SMILES string of the molecule is CCN(CC)c1ccc(CNCc2ccn[nH]2)cc1. The highest BCUT2D eigenvalue weighted by Gasteiger charge is 2.01. The number of nitrogens with zero attached hydrogens (tertiary/aromatic N) is 2. The molecule has 1 heterocycles. The molecule has 4 heteroatoms. The van der Waals surface area contributed by atoms with Crippen LogP contribution >= 0.6 is 0 Å². The second-order valence-electron chi connectivity index (χ2n) is 4.52. The number of nitrogens with one attached hydrogen (secondary N) is 2. The fraction of sp³-hybridized carbons (Fsp3) is 0.400. The summed E-state index contributed by atoms with van der Waals surface area (Å²) < 4.78 is 0. The van der Waals surface area contributed by atoms with Crippen LogP contribution in [0.2, 0.25) is 0 Å². The van der Waals surface area contributed by atoms with Crippen molar-refractivity contribution in [1.82, 2.24) is 15.5 Å². The molecule has 1 aromatic carbocycles. The Kier molecular flexibility index (Phi) is 4.98. The predicted molar refractivity (Wildman–Crippen MR) is 79.1 cm³/mol. The van der Waals surface area contributed by atoms with Gasteiger partial charge < -0.3 is 10.2 Å². The summed E-state index contributed by atoms with van der Waals surface area (Å²) in [6.45, 7) is 8.16. The van der Waals surface area contributed by atoms with E-state index in [1.807, 2.05) is 6.07 Å². The number of anilines is 1. The van der Waals surface area contributed by atoms with E-state index in [0.717, 1.165) is 31.9 Å². The highest BCUT2D eigenvalue weighted by molar-refractivity contribution is 5.47. The summed E-state index contributed by atoms with van der Waals surface area (Å²) in [4.78, 5) is 2.35. The molecule has 0 unspecified atom stereocenters. The van der Waals surface area contributed by atoms with Crippen LogP contribution in [0.1, 0.15) is 25.1 Å². The van der Waals surface area contributed by atoms with Crippen molar-refractivity contribution in [3.8, 4) is 0 Å². The number of H-pyrrole nitrogens is 1. The predicted octanol–water partition coefficient (Wildman–Crippen LogP) is 2.55. The average Bonchev–Trinajstić information content (AvgIpc) is 2.95. The van der Waals surface area contributed by atoms with E-state index in [2.05, 4.69) is 58.5 Å². The van der Waals surface area contributed by atoms with Gasteiger partial charge in [0.1, 0.15) is 0 Å². The fourth-order valence-corrected chi connectivity index (χ4v) is 2.14. The molecular formula is C15H22N4. The molecule has 0 atom stereocenters. The molecule has 19 heavy (non-hydrogen) atoms. The van der Waals surface area contributed by atoms with Gasteiger partial charge in [-0.1, -0.05) is 12.1 Å². The summed E-state index contributed by atoms with van der Waals surface area (Å²) in [6.07, 6.45) is 1.77. The van der Waals surface area contributed by atoms with Crippen molar-refractivity contribution in [2.75, 3.05) is 18.0 Å². The lowest BCUT2D eigenvalue weighted by Crippen LogP contribution is -2.21. The van der Waals surface area contributed by atoms with Crippen LogP contribution in [-0.4, -0.2) is 23.3 Å². The molecule has 2 rings (SSSR count). The van der Waals surface area contributed by atoms with E-state index in [-0.39, 0.29) is 0 Å². The van der Waals surface area contributed by atoms with Crippen molar-refractivity contribution >= 4 is 5.69 Å². The zero-order valence-corrected chi connectivity index (χ0v) is 11.7. The summed E-state index contributed by atoms with van der Waals surface area (Å²) in [5.74, 6) is 0. The van der Waals surface area contributed by atoms with Crippen molar-refractivity contribution < 1.29 is 0 Å². The highest BCUT2D eigenvalue weighted by Crippen LogP contribution is 2.14. The van der Waals surface area contributed by atoms with Crippen LogP contribution in [0.4, 0.5) is 5.69 Å². The lowest BCUT2D eigenvalue weighted by molar-refractivity contribution is 0.677. The van der Waals surface area contributed by atoms with E-state index < -0.39 is 0 Å². The molecular weight excluding hydrogens is 236 g/mol. The van der Waals surface area contributed by atoms with E-state index in [0.29, 0.717) is 0 Å². The topological polar surface area (TPSA) is 44.0 Å². The maximum Gasteiger partial charge on any atom is 0.0490 e. The van der Waals surface area contributed by atoms with Gasteiger partial charge in [0.15, 0.2) is 0 Å². The molecule has 2 aromatic rings. The summed E-state index contributed by atoms with van der Waals surface area (Å²) in [6, 6.07) is 10.7.